The lowest BCUT2D eigenvalue weighted by Crippen LogP contribution is -2.55. The molecule has 1 aromatic carbocycles. The van der Waals surface area contributed by atoms with Gasteiger partial charge in [0.15, 0.2) is 0 Å². The van der Waals surface area contributed by atoms with Crippen LogP contribution < -0.4 is 5.73 Å². The predicted octanol–water partition coefficient (Wildman–Crippen LogP) is 2.22. The summed E-state index contributed by atoms with van der Waals surface area (Å²) in [7, 11) is 0. The van der Waals surface area contributed by atoms with Crippen molar-refractivity contribution in [3.63, 3.8) is 0 Å². The molecule has 5 nitrogen and oxygen atoms in total. The number of nitrogens with two attached hydrogens (primary N) is 1. The van der Waals surface area contributed by atoms with Crippen molar-refractivity contribution < 1.29 is 14.7 Å². The first-order valence-corrected chi connectivity index (χ1v) is 9.33. The second-order valence-electron chi connectivity index (χ2n) is 7.61. The van der Waals surface area contributed by atoms with Crippen molar-refractivity contribution in [2.24, 2.45) is 17.6 Å². The van der Waals surface area contributed by atoms with E-state index in [0.717, 1.165) is 38.5 Å². The molecule has 1 aliphatic carbocycles. The summed E-state index contributed by atoms with van der Waals surface area (Å²) in [4.78, 5) is 26.5. The number of aliphatic carboxylic acids is 1. The fourth-order valence-corrected chi connectivity index (χ4v) is 4.31. The SMILES string of the molecule is CCCC[C@H]1CN(C(=O)C2CCc3ccccc3C2)C[C@@]1(N)C(=O)O. The molecule has 1 aromatic rings. The number of carbonyl (C=O) groups excluding carboxylic acids is 1. The maximum absolute atomic E-state index is 13.0. The molecule has 0 radical (unpaired) electrons. The Kier molecular flexibility index (Phi) is 5.13. The highest BCUT2D eigenvalue weighted by Crippen LogP contribution is 2.33. The van der Waals surface area contributed by atoms with E-state index >= 15 is 0 Å². The smallest absolute Gasteiger partial charge is 0.325 e. The van der Waals surface area contributed by atoms with Crippen LogP contribution in [0.4, 0.5) is 0 Å². The normalized spacial score (nSPS) is 28.6. The summed E-state index contributed by atoms with van der Waals surface area (Å²) in [5, 5.41) is 9.62. The van der Waals surface area contributed by atoms with Gasteiger partial charge in [-0.15, -0.1) is 0 Å². The topological polar surface area (TPSA) is 83.6 Å². The molecule has 0 aromatic heterocycles. The molecule has 3 N–H and O–H groups in total. The molecule has 2 aliphatic rings. The molecule has 136 valence electrons. The highest BCUT2D eigenvalue weighted by molar-refractivity contribution is 5.85. The van der Waals surface area contributed by atoms with Crippen molar-refractivity contribution in [2.45, 2.75) is 51.0 Å². The zero-order valence-corrected chi connectivity index (χ0v) is 14.9. The Bertz CT molecular complexity index is 660. The molecule has 0 bridgehead atoms. The Morgan fingerprint density at radius 2 is 2.04 bits per heavy atom. The van der Waals surface area contributed by atoms with Gasteiger partial charge in [0.05, 0.1) is 0 Å². The van der Waals surface area contributed by atoms with Crippen LogP contribution in [-0.2, 0) is 22.4 Å². The number of fused-ring (bicyclic) bond motifs is 1. The third kappa shape index (κ3) is 3.43. The fraction of sp³-hybridized carbons (Fsp3) is 0.600. The summed E-state index contributed by atoms with van der Waals surface area (Å²) < 4.78 is 0. The lowest BCUT2D eigenvalue weighted by molar-refractivity contribution is -0.144. The average Bonchev–Trinajstić information content (AvgIpc) is 2.97. The highest BCUT2D eigenvalue weighted by Gasteiger charge is 2.51. The summed E-state index contributed by atoms with van der Waals surface area (Å²) in [5.74, 6) is -1.13. The second-order valence-corrected chi connectivity index (χ2v) is 7.61. The number of carboxylic acids is 1. The van der Waals surface area contributed by atoms with Crippen LogP contribution >= 0.6 is 0 Å². The van der Waals surface area contributed by atoms with Crippen LogP contribution in [0.2, 0.25) is 0 Å². The van der Waals surface area contributed by atoms with Crippen LogP contribution in [0.3, 0.4) is 0 Å². The van der Waals surface area contributed by atoms with Crippen molar-refractivity contribution in [1.82, 2.24) is 4.90 Å². The number of amides is 1. The number of aryl methyl sites for hydroxylation is 1. The van der Waals surface area contributed by atoms with Crippen LogP contribution in [-0.4, -0.2) is 40.5 Å². The zero-order valence-electron chi connectivity index (χ0n) is 14.9. The first-order chi connectivity index (χ1) is 12.0. The van der Waals surface area contributed by atoms with Gasteiger partial charge >= 0.3 is 5.97 Å². The van der Waals surface area contributed by atoms with Gasteiger partial charge in [-0.25, -0.2) is 0 Å². The van der Waals surface area contributed by atoms with Crippen molar-refractivity contribution in [3.8, 4) is 0 Å². The van der Waals surface area contributed by atoms with Gasteiger partial charge in [-0.3, -0.25) is 9.59 Å². The highest BCUT2D eigenvalue weighted by atomic mass is 16.4. The van der Waals surface area contributed by atoms with E-state index in [1.165, 1.54) is 11.1 Å². The largest absolute Gasteiger partial charge is 0.480 e. The number of nitrogens with zero attached hydrogens (tertiary/aromatic N) is 1. The van der Waals surface area contributed by atoms with E-state index in [0.29, 0.717) is 6.54 Å². The number of likely N-dealkylation sites (tertiary alicyclic amines) is 1. The minimum absolute atomic E-state index is 0.0575. The molecule has 5 heteroatoms. The van der Waals surface area contributed by atoms with Crippen LogP contribution in [0.25, 0.3) is 0 Å². The molecule has 0 spiro atoms. The Balaban J connectivity index is 1.72. The predicted molar refractivity (Wildman–Crippen MR) is 96.1 cm³/mol. The number of unbranched alkanes of at least 4 members (excludes halogenated alkanes) is 1. The zero-order chi connectivity index (χ0) is 18.0. The van der Waals surface area contributed by atoms with Gasteiger partial charge in [0, 0.05) is 24.9 Å². The first-order valence-electron chi connectivity index (χ1n) is 9.33. The number of carbonyl (C=O) groups is 2. The van der Waals surface area contributed by atoms with E-state index in [2.05, 4.69) is 19.1 Å². The van der Waals surface area contributed by atoms with Gasteiger partial charge in [-0.1, -0.05) is 44.0 Å². The Labute approximate surface area is 149 Å². The Morgan fingerprint density at radius 3 is 2.72 bits per heavy atom. The van der Waals surface area contributed by atoms with Crippen LogP contribution in [0, 0.1) is 11.8 Å². The summed E-state index contributed by atoms with van der Waals surface area (Å²) >= 11 is 0. The number of hydrogen-bond acceptors (Lipinski definition) is 3. The molecule has 3 atom stereocenters. The molecule has 0 saturated carbocycles. The molecule has 3 rings (SSSR count). The van der Waals surface area contributed by atoms with E-state index in [1.807, 2.05) is 12.1 Å². The van der Waals surface area contributed by atoms with Gasteiger partial charge in [0.1, 0.15) is 5.54 Å². The molecule has 25 heavy (non-hydrogen) atoms. The maximum Gasteiger partial charge on any atom is 0.325 e. The van der Waals surface area contributed by atoms with Gasteiger partial charge in [0.25, 0.3) is 0 Å². The second kappa shape index (κ2) is 7.16. The van der Waals surface area contributed by atoms with Gasteiger partial charge in [0.2, 0.25) is 5.91 Å². The lowest BCUT2D eigenvalue weighted by Gasteiger charge is -2.28. The molecule has 1 amide bonds. The Hall–Kier alpha value is -1.88. The fourth-order valence-electron chi connectivity index (χ4n) is 4.31. The van der Waals surface area contributed by atoms with Crippen LogP contribution in [0.5, 0.6) is 0 Å². The monoisotopic (exact) mass is 344 g/mol. The summed E-state index contributed by atoms with van der Waals surface area (Å²) in [6, 6.07) is 8.27. The van der Waals surface area contributed by atoms with E-state index in [4.69, 9.17) is 5.73 Å². The average molecular weight is 344 g/mol. The van der Waals surface area contributed by atoms with Crippen molar-refractivity contribution in [3.05, 3.63) is 35.4 Å². The van der Waals surface area contributed by atoms with Crippen molar-refractivity contribution >= 4 is 11.9 Å². The standard InChI is InChI=1S/C20H28N2O3/c1-2-3-8-17-12-22(13-20(17,21)19(24)25)18(23)16-10-9-14-6-4-5-7-15(14)11-16/h4-7,16-17H,2-3,8-13,21H2,1H3,(H,24,25)/t16?,17-,20-/m0/s1. The molecule has 1 heterocycles. The summed E-state index contributed by atoms with van der Waals surface area (Å²) in [5.41, 5.74) is 7.49. The maximum atomic E-state index is 13.0. The molecular weight excluding hydrogens is 316 g/mol. The van der Waals surface area contributed by atoms with Crippen LogP contribution in [0.15, 0.2) is 24.3 Å². The van der Waals surface area contributed by atoms with Gasteiger partial charge < -0.3 is 15.7 Å². The lowest BCUT2D eigenvalue weighted by atomic mass is 9.83. The molecule has 1 aliphatic heterocycles. The molecular formula is C20H28N2O3. The van der Waals surface area contributed by atoms with E-state index < -0.39 is 11.5 Å². The van der Waals surface area contributed by atoms with E-state index in [-0.39, 0.29) is 24.3 Å². The molecule has 1 saturated heterocycles. The minimum atomic E-state index is -1.31. The minimum Gasteiger partial charge on any atom is -0.480 e. The van der Waals surface area contributed by atoms with Gasteiger partial charge in [-0.2, -0.15) is 0 Å². The molecule has 1 fully saturated rings. The van der Waals surface area contributed by atoms with Crippen LogP contribution in [0.1, 0.15) is 43.7 Å². The number of carboxylic acid groups (broad SMARTS) is 1. The van der Waals surface area contributed by atoms with Crippen molar-refractivity contribution in [2.75, 3.05) is 13.1 Å². The van der Waals surface area contributed by atoms with E-state index in [1.54, 1.807) is 4.90 Å². The quantitative estimate of drug-likeness (QED) is 0.858. The number of hydrogen-bond donors (Lipinski definition) is 2. The first kappa shape index (κ1) is 17.9. The Morgan fingerprint density at radius 1 is 1.32 bits per heavy atom. The summed E-state index contributed by atoms with van der Waals surface area (Å²) in [6.45, 7) is 2.68. The third-order valence-corrected chi connectivity index (χ3v) is 5.93. The number of rotatable bonds is 5. The third-order valence-electron chi connectivity index (χ3n) is 5.93. The van der Waals surface area contributed by atoms with Crippen molar-refractivity contribution in [1.29, 1.82) is 0 Å². The van der Waals surface area contributed by atoms with E-state index in [9.17, 15) is 14.7 Å². The summed E-state index contributed by atoms with van der Waals surface area (Å²) in [6.07, 6.45) is 5.19. The molecule has 1 unspecified atom stereocenters. The van der Waals surface area contributed by atoms with Gasteiger partial charge in [-0.05, 0) is 36.8 Å². The number of benzene rings is 1.